The molecule has 1 aromatic heterocycles. The van der Waals surface area contributed by atoms with E-state index in [9.17, 15) is 9.18 Å². The summed E-state index contributed by atoms with van der Waals surface area (Å²) in [6.07, 6.45) is 2.77. The van der Waals surface area contributed by atoms with Crippen molar-refractivity contribution in [1.29, 1.82) is 0 Å². The number of nitrogens with zero attached hydrogens (tertiary/aromatic N) is 4. The van der Waals surface area contributed by atoms with E-state index in [1.807, 2.05) is 40.1 Å². The average Bonchev–Trinajstić information content (AvgIpc) is 2.82. The Morgan fingerprint density at radius 2 is 1.88 bits per heavy atom. The van der Waals surface area contributed by atoms with Crippen LogP contribution < -0.4 is 9.80 Å². The third-order valence-corrected chi connectivity index (χ3v) is 4.75. The van der Waals surface area contributed by atoms with E-state index < -0.39 is 5.82 Å². The zero-order valence-corrected chi connectivity index (χ0v) is 13.7. The monoisotopic (exact) mass is 342 g/mol. The number of piperidine rings is 1. The van der Waals surface area contributed by atoms with Crippen LogP contribution in [0, 0.1) is 11.7 Å². The molecule has 7 heteroatoms. The van der Waals surface area contributed by atoms with Crippen LogP contribution in [0.3, 0.4) is 0 Å². The molecule has 0 N–H and O–H groups in total. The van der Waals surface area contributed by atoms with Gasteiger partial charge in [-0.05, 0) is 18.6 Å². The molecule has 2 atom stereocenters. The number of anilines is 2. The zero-order valence-electron chi connectivity index (χ0n) is 13.7. The minimum atomic E-state index is -0.460. The number of rotatable bonds is 2. The molecule has 1 aromatic carbocycles. The Kier molecular flexibility index (Phi) is 4.31. The quantitative estimate of drug-likeness (QED) is 0.834. The van der Waals surface area contributed by atoms with Crippen molar-refractivity contribution in [2.24, 2.45) is 5.92 Å². The van der Waals surface area contributed by atoms with Crippen LogP contribution in [0.15, 0.2) is 42.7 Å². The van der Waals surface area contributed by atoms with Gasteiger partial charge in [0.25, 0.3) is 0 Å². The maximum atomic E-state index is 13.0. The van der Waals surface area contributed by atoms with Crippen LogP contribution in [-0.2, 0) is 9.53 Å². The molecule has 4 rings (SSSR count). The summed E-state index contributed by atoms with van der Waals surface area (Å²) in [4.78, 5) is 24.8. The smallest absolute Gasteiger partial charge is 0.232 e. The number of benzene rings is 1. The van der Waals surface area contributed by atoms with E-state index >= 15 is 0 Å². The van der Waals surface area contributed by atoms with Gasteiger partial charge in [-0.15, -0.1) is 0 Å². The molecule has 3 heterocycles. The molecule has 1 amide bonds. The summed E-state index contributed by atoms with van der Waals surface area (Å²) >= 11 is 0. The van der Waals surface area contributed by atoms with E-state index in [2.05, 4.69) is 9.97 Å². The molecule has 2 aliphatic rings. The van der Waals surface area contributed by atoms with Crippen molar-refractivity contribution in [3.63, 3.8) is 0 Å². The second kappa shape index (κ2) is 6.76. The molecule has 6 nitrogen and oxygen atoms in total. The largest absolute Gasteiger partial charge is 0.374 e. The van der Waals surface area contributed by atoms with Gasteiger partial charge in [-0.1, -0.05) is 18.2 Å². The van der Waals surface area contributed by atoms with E-state index in [-0.39, 0.29) is 17.9 Å². The fraction of sp³-hybridized carbons (Fsp3) is 0.389. The van der Waals surface area contributed by atoms with E-state index in [4.69, 9.17) is 4.74 Å². The van der Waals surface area contributed by atoms with E-state index in [0.717, 1.165) is 18.1 Å². The van der Waals surface area contributed by atoms with Crippen LogP contribution in [0.5, 0.6) is 0 Å². The number of amides is 1. The van der Waals surface area contributed by atoms with Gasteiger partial charge in [-0.2, -0.15) is 0 Å². The van der Waals surface area contributed by atoms with Crippen LogP contribution in [0.2, 0.25) is 0 Å². The number of hydrogen-bond donors (Lipinski definition) is 0. The van der Waals surface area contributed by atoms with Crippen molar-refractivity contribution in [2.75, 3.05) is 36.0 Å². The van der Waals surface area contributed by atoms with Crippen molar-refractivity contribution in [3.05, 3.63) is 48.5 Å². The van der Waals surface area contributed by atoms with Crippen molar-refractivity contribution < 1.29 is 13.9 Å². The van der Waals surface area contributed by atoms with Crippen molar-refractivity contribution >= 4 is 17.5 Å². The maximum Gasteiger partial charge on any atom is 0.232 e. The second-order valence-corrected chi connectivity index (χ2v) is 6.28. The molecule has 0 bridgehead atoms. The first-order valence-corrected chi connectivity index (χ1v) is 8.43. The summed E-state index contributed by atoms with van der Waals surface area (Å²) in [5, 5.41) is 0. The zero-order chi connectivity index (χ0) is 17.2. The Hall–Kier alpha value is -2.54. The number of carbonyl (C=O) groups is 1. The van der Waals surface area contributed by atoms with Gasteiger partial charge in [0, 0.05) is 25.3 Å². The normalized spacial score (nSPS) is 24.0. The second-order valence-electron chi connectivity index (χ2n) is 6.28. The molecule has 130 valence electrons. The number of carbonyl (C=O) groups excluding carboxylic acids is 1. The lowest BCUT2D eigenvalue weighted by atomic mass is 9.92. The lowest BCUT2D eigenvalue weighted by Gasteiger charge is -2.37. The highest BCUT2D eigenvalue weighted by Crippen LogP contribution is 2.29. The molecule has 0 aliphatic carbocycles. The number of para-hydroxylation sites is 1. The molecule has 0 radical (unpaired) electrons. The first-order valence-electron chi connectivity index (χ1n) is 8.43. The Balaban J connectivity index is 1.51. The Morgan fingerprint density at radius 1 is 1.12 bits per heavy atom. The highest BCUT2D eigenvalue weighted by molar-refractivity contribution is 5.95. The molecule has 2 saturated heterocycles. The van der Waals surface area contributed by atoms with Crippen molar-refractivity contribution in [1.82, 2.24) is 9.97 Å². The fourth-order valence-electron chi connectivity index (χ4n) is 3.49. The molecular formula is C18H19FN4O2. The standard InChI is InChI=1S/C18H19FN4O2/c19-13-10-20-18(21-11-13)22-7-6-15-16(12-22)25-9-8-23(17(15)24)14-4-2-1-3-5-14/h1-5,10-11,15-16H,6-9,12H2/t15-,16+/m1/s1. The minimum absolute atomic E-state index is 0.105. The molecular weight excluding hydrogens is 323 g/mol. The van der Waals surface area contributed by atoms with E-state index in [1.165, 1.54) is 0 Å². The van der Waals surface area contributed by atoms with Gasteiger partial charge in [-0.3, -0.25) is 4.79 Å². The molecule has 2 aromatic rings. The Morgan fingerprint density at radius 3 is 2.64 bits per heavy atom. The third-order valence-electron chi connectivity index (χ3n) is 4.75. The van der Waals surface area contributed by atoms with Gasteiger partial charge < -0.3 is 14.5 Å². The Labute approximate surface area is 145 Å². The number of halogens is 1. The third kappa shape index (κ3) is 3.19. The summed E-state index contributed by atoms with van der Waals surface area (Å²) in [5.74, 6) is -0.0640. The first-order chi connectivity index (χ1) is 12.2. The van der Waals surface area contributed by atoms with Crippen molar-refractivity contribution in [3.8, 4) is 0 Å². The lowest BCUT2D eigenvalue weighted by Crippen LogP contribution is -2.50. The molecule has 2 aliphatic heterocycles. The van der Waals surface area contributed by atoms with Gasteiger partial charge in [0.2, 0.25) is 11.9 Å². The number of hydrogen-bond acceptors (Lipinski definition) is 5. The molecule has 2 fully saturated rings. The van der Waals surface area contributed by atoms with E-state index in [1.54, 1.807) is 0 Å². The maximum absolute atomic E-state index is 13.0. The number of aromatic nitrogens is 2. The average molecular weight is 342 g/mol. The number of fused-ring (bicyclic) bond motifs is 1. The topological polar surface area (TPSA) is 58.6 Å². The minimum Gasteiger partial charge on any atom is -0.374 e. The van der Waals surface area contributed by atoms with Gasteiger partial charge in [-0.25, -0.2) is 14.4 Å². The van der Waals surface area contributed by atoms with Crippen LogP contribution in [0.1, 0.15) is 6.42 Å². The van der Waals surface area contributed by atoms with Crippen molar-refractivity contribution in [2.45, 2.75) is 12.5 Å². The first kappa shape index (κ1) is 16.0. The highest BCUT2D eigenvalue weighted by atomic mass is 19.1. The predicted octanol–water partition coefficient (Wildman–Crippen LogP) is 1.87. The van der Waals surface area contributed by atoms with Gasteiger partial charge in [0.05, 0.1) is 31.0 Å². The van der Waals surface area contributed by atoms with Crippen LogP contribution in [-0.4, -0.2) is 48.2 Å². The Bertz CT molecular complexity index is 741. The van der Waals surface area contributed by atoms with E-state index in [0.29, 0.717) is 38.6 Å². The summed E-state index contributed by atoms with van der Waals surface area (Å²) in [6, 6.07) is 9.69. The van der Waals surface area contributed by atoms with Crippen LogP contribution in [0.25, 0.3) is 0 Å². The summed E-state index contributed by atoms with van der Waals surface area (Å²) < 4.78 is 19.0. The molecule has 0 unspecified atom stereocenters. The van der Waals surface area contributed by atoms with Gasteiger partial charge in [0.15, 0.2) is 5.82 Å². The summed E-state index contributed by atoms with van der Waals surface area (Å²) in [5.41, 5.74) is 0.904. The van der Waals surface area contributed by atoms with Gasteiger partial charge >= 0.3 is 0 Å². The molecule has 0 saturated carbocycles. The number of ether oxygens (including phenoxy) is 1. The fourth-order valence-corrected chi connectivity index (χ4v) is 3.49. The van der Waals surface area contributed by atoms with Gasteiger partial charge in [0.1, 0.15) is 0 Å². The SMILES string of the molecule is O=C1[C@@H]2CCN(c3ncc(F)cn3)C[C@@H]2OCCN1c1ccccc1. The lowest BCUT2D eigenvalue weighted by molar-refractivity contribution is -0.125. The van der Waals surface area contributed by atoms with Crippen LogP contribution in [0.4, 0.5) is 16.0 Å². The molecule has 0 spiro atoms. The van der Waals surface area contributed by atoms with Crippen LogP contribution >= 0.6 is 0 Å². The molecule has 25 heavy (non-hydrogen) atoms. The highest BCUT2D eigenvalue weighted by Gasteiger charge is 2.40. The summed E-state index contributed by atoms with van der Waals surface area (Å²) in [7, 11) is 0. The predicted molar refractivity (Wildman–Crippen MR) is 90.8 cm³/mol. The summed E-state index contributed by atoms with van der Waals surface area (Å²) in [6.45, 7) is 2.21.